The van der Waals surface area contributed by atoms with E-state index in [1.807, 2.05) is 12.1 Å². The van der Waals surface area contributed by atoms with Crippen molar-refractivity contribution < 1.29 is 10.1 Å². The van der Waals surface area contributed by atoms with Gasteiger partial charge in [0.15, 0.2) is 6.54 Å². The third-order valence-corrected chi connectivity index (χ3v) is 6.19. The summed E-state index contributed by atoms with van der Waals surface area (Å²) in [5, 5.41) is 6.02. The van der Waals surface area contributed by atoms with E-state index in [0.29, 0.717) is 17.1 Å². The fourth-order valence-corrected chi connectivity index (χ4v) is 5.61. The Morgan fingerprint density at radius 3 is 2.18 bits per heavy atom. The van der Waals surface area contributed by atoms with Crippen molar-refractivity contribution in [2.45, 2.75) is 44.1 Å². The number of nitrogens with one attached hydrogen (secondary N) is 1. The minimum atomic E-state index is 0.0954. The molecule has 0 saturated heterocycles. The second-order valence-electron chi connectivity index (χ2n) is 7.74. The number of hydrogen-bond acceptors (Lipinski definition) is 1. The molecule has 0 radical (unpaired) electrons. The molecule has 0 spiro atoms. The maximum atomic E-state index is 12.2. The summed E-state index contributed by atoms with van der Waals surface area (Å²) < 4.78 is 0. The van der Waals surface area contributed by atoms with E-state index in [1.54, 1.807) is 12.1 Å². The Labute approximate surface area is 136 Å². The Balaban J connectivity index is 1.34. The minimum absolute atomic E-state index is 0.0954. The van der Waals surface area contributed by atoms with Gasteiger partial charge in [-0.3, -0.25) is 4.79 Å². The first-order chi connectivity index (χ1) is 10.6. The van der Waals surface area contributed by atoms with Gasteiger partial charge in [0.25, 0.3) is 5.91 Å². The minimum Gasteiger partial charge on any atom is -0.334 e. The number of rotatable bonds is 4. The summed E-state index contributed by atoms with van der Waals surface area (Å²) >= 11 is 5.87. The average molecular weight is 320 g/mol. The molecule has 1 aromatic rings. The molecule has 1 amide bonds. The largest absolute Gasteiger partial charge is 0.334 e. The number of carbonyl (C=O) groups is 1. The highest BCUT2D eigenvalue weighted by Gasteiger charge is 2.53. The molecule has 4 bridgehead atoms. The number of halogens is 1. The average Bonchev–Trinajstić information content (AvgIpc) is 2.46. The normalized spacial score (nSPS) is 35.6. The summed E-state index contributed by atoms with van der Waals surface area (Å²) in [7, 11) is 0. The van der Waals surface area contributed by atoms with Gasteiger partial charge >= 0.3 is 0 Å². The van der Waals surface area contributed by atoms with Crippen LogP contribution in [0.5, 0.6) is 0 Å². The van der Waals surface area contributed by atoms with Crippen molar-refractivity contribution in [1.82, 2.24) is 0 Å². The molecule has 4 saturated carbocycles. The molecular formula is C18H24ClN2O+. The Hall–Kier alpha value is -1.06. The van der Waals surface area contributed by atoms with E-state index in [9.17, 15) is 4.79 Å². The molecular weight excluding hydrogens is 296 g/mol. The molecule has 1 aromatic carbocycles. The first-order valence-electron chi connectivity index (χ1n) is 8.50. The molecule has 0 atom stereocenters. The van der Waals surface area contributed by atoms with Crippen LogP contribution in [0.4, 0.5) is 5.69 Å². The smallest absolute Gasteiger partial charge is 0.279 e. The van der Waals surface area contributed by atoms with Crippen LogP contribution in [0.3, 0.4) is 0 Å². The number of quaternary nitrogens is 1. The molecule has 4 fully saturated rings. The lowest BCUT2D eigenvalue weighted by atomic mass is 9.53. The molecule has 3 nitrogen and oxygen atoms in total. The highest BCUT2D eigenvalue weighted by Crippen LogP contribution is 2.54. The number of nitrogens with two attached hydrogens (primary N) is 1. The van der Waals surface area contributed by atoms with Crippen molar-refractivity contribution in [3.8, 4) is 0 Å². The van der Waals surface area contributed by atoms with Gasteiger partial charge < -0.3 is 10.6 Å². The number of carbonyl (C=O) groups excluding carboxylic acids is 1. The van der Waals surface area contributed by atoms with Crippen LogP contribution in [0.1, 0.15) is 38.5 Å². The summed E-state index contributed by atoms with van der Waals surface area (Å²) in [6.45, 7) is 0.536. The molecule has 5 rings (SSSR count). The van der Waals surface area contributed by atoms with E-state index in [-0.39, 0.29) is 5.91 Å². The van der Waals surface area contributed by atoms with Gasteiger partial charge in [0.05, 0.1) is 5.54 Å². The van der Waals surface area contributed by atoms with Crippen LogP contribution >= 0.6 is 11.6 Å². The summed E-state index contributed by atoms with van der Waals surface area (Å²) in [6.07, 6.45) is 8.33. The summed E-state index contributed by atoms with van der Waals surface area (Å²) in [6, 6.07) is 7.32. The van der Waals surface area contributed by atoms with Crippen molar-refractivity contribution in [3.05, 3.63) is 29.3 Å². The van der Waals surface area contributed by atoms with Crippen LogP contribution in [0.2, 0.25) is 5.02 Å². The van der Waals surface area contributed by atoms with Crippen molar-refractivity contribution in [3.63, 3.8) is 0 Å². The highest BCUT2D eigenvalue weighted by atomic mass is 35.5. The predicted molar refractivity (Wildman–Crippen MR) is 87.8 cm³/mol. The summed E-state index contributed by atoms with van der Waals surface area (Å²) in [5.41, 5.74) is 1.19. The molecule has 4 aliphatic carbocycles. The molecule has 4 aliphatic rings. The fourth-order valence-electron chi connectivity index (χ4n) is 5.48. The zero-order valence-corrected chi connectivity index (χ0v) is 13.6. The summed E-state index contributed by atoms with van der Waals surface area (Å²) in [5.74, 6) is 2.89. The second-order valence-corrected chi connectivity index (χ2v) is 8.18. The van der Waals surface area contributed by atoms with Gasteiger partial charge in [-0.2, -0.15) is 0 Å². The van der Waals surface area contributed by atoms with E-state index in [1.165, 1.54) is 38.5 Å². The Kier molecular flexibility index (Phi) is 3.66. The Bertz CT molecular complexity index is 534. The number of anilines is 1. The van der Waals surface area contributed by atoms with Crippen molar-refractivity contribution in [1.29, 1.82) is 0 Å². The van der Waals surface area contributed by atoms with Gasteiger partial charge in [0, 0.05) is 30.0 Å². The van der Waals surface area contributed by atoms with Crippen LogP contribution in [-0.2, 0) is 4.79 Å². The molecule has 0 heterocycles. The monoisotopic (exact) mass is 319 g/mol. The molecule has 0 aliphatic heterocycles. The third kappa shape index (κ3) is 2.89. The van der Waals surface area contributed by atoms with Crippen LogP contribution in [0, 0.1) is 17.8 Å². The number of amides is 1. The molecule has 0 aromatic heterocycles. The summed E-state index contributed by atoms with van der Waals surface area (Å²) in [4.78, 5) is 12.2. The quantitative estimate of drug-likeness (QED) is 0.880. The molecule has 3 N–H and O–H groups in total. The first-order valence-corrected chi connectivity index (χ1v) is 8.88. The first kappa shape index (κ1) is 14.5. The predicted octanol–water partition coefficient (Wildman–Crippen LogP) is 2.81. The lowest BCUT2D eigenvalue weighted by molar-refractivity contribution is -0.729. The topological polar surface area (TPSA) is 45.7 Å². The maximum absolute atomic E-state index is 12.2. The van der Waals surface area contributed by atoms with Crippen LogP contribution in [0.25, 0.3) is 0 Å². The third-order valence-electron chi connectivity index (χ3n) is 5.93. The van der Waals surface area contributed by atoms with E-state index < -0.39 is 0 Å². The van der Waals surface area contributed by atoms with E-state index in [4.69, 9.17) is 11.6 Å². The Morgan fingerprint density at radius 2 is 1.64 bits per heavy atom. The lowest BCUT2D eigenvalue weighted by Gasteiger charge is -2.54. The van der Waals surface area contributed by atoms with Crippen molar-refractivity contribution >= 4 is 23.2 Å². The van der Waals surface area contributed by atoms with Crippen molar-refractivity contribution in [2.24, 2.45) is 17.8 Å². The Morgan fingerprint density at radius 1 is 1.09 bits per heavy atom. The van der Waals surface area contributed by atoms with Crippen LogP contribution in [0.15, 0.2) is 24.3 Å². The zero-order valence-electron chi connectivity index (χ0n) is 12.9. The van der Waals surface area contributed by atoms with Gasteiger partial charge in [-0.25, -0.2) is 0 Å². The fraction of sp³-hybridized carbons (Fsp3) is 0.611. The molecule has 22 heavy (non-hydrogen) atoms. The van der Waals surface area contributed by atoms with Crippen molar-refractivity contribution in [2.75, 3.05) is 11.9 Å². The molecule has 118 valence electrons. The SMILES string of the molecule is O=C(C[NH2+]C12CC3CC(CC(C3)C1)C2)Nc1ccc(Cl)cc1. The van der Waals surface area contributed by atoms with Gasteiger partial charge in [-0.1, -0.05) is 11.6 Å². The highest BCUT2D eigenvalue weighted by molar-refractivity contribution is 6.30. The van der Waals surface area contributed by atoms with E-state index >= 15 is 0 Å². The van der Waals surface area contributed by atoms with Gasteiger partial charge in [0.1, 0.15) is 0 Å². The van der Waals surface area contributed by atoms with Gasteiger partial charge in [-0.15, -0.1) is 0 Å². The lowest BCUT2D eigenvalue weighted by Crippen LogP contribution is -3.00. The number of hydrogen-bond donors (Lipinski definition) is 2. The molecule has 0 unspecified atom stereocenters. The van der Waals surface area contributed by atoms with E-state index in [0.717, 1.165) is 23.4 Å². The zero-order chi connectivity index (χ0) is 15.2. The van der Waals surface area contributed by atoms with E-state index in [2.05, 4.69) is 10.6 Å². The second kappa shape index (κ2) is 5.54. The van der Waals surface area contributed by atoms with Gasteiger partial charge in [-0.05, 0) is 61.3 Å². The maximum Gasteiger partial charge on any atom is 0.279 e. The molecule has 4 heteroatoms. The van der Waals surface area contributed by atoms with Gasteiger partial charge in [0.2, 0.25) is 0 Å². The number of benzene rings is 1. The van der Waals surface area contributed by atoms with Crippen LogP contribution < -0.4 is 10.6 Å². The van der Waals surface area contributed by atoms with Crippen LogP contribution in [-0.4, -0.2) is 18.0 Å². The standard InChI is InChI=1S/C18H23ClN2O/c19-15-1-3-16(4-2-15)21-17(22)11-20-18-8-12-5-13(9-18)7-14(6-12)10-18/h1-4,12-14,20H,5-11H2,(H,21,22)/p+1.